The van der Waals surface area contributed by atoms with Gasteiger partial charge < -0.3 is 11.1 Å². The number of nitrogens with one attached hydrogen (secondary N) is 1. The molecule has 0 aromatic carbocycles. The molecule has 1 rings (SSSR count). The van der Waals surface area contributed by atoms with Crippen molar-refractivity contribution in [3.63, 3.8) is 0 Å². The van der Waals surface area contributed by atoms with Gasteiger partial charge in [-0.25, -0.2) is 0 Å². The van der Waals surface area contributed by atoms with Gasteiger partial charge in [0.1, 0.15) is 0 Å². The lowest BCUT2D eigenvalue weighted by molar-refractivity contribution is -0.127. The largest absolute Gasteiger partial charge is 0.392 e. The maximum Gasteiger partial charge on any atom is 0.233 e. The number of amides is 1. The van der Waals surface area contributed by atoms with Crippen LogP contribution in [-0.4, -0.2) is 17.4 Å². The normalized spacial score (nSPS) is 23.4. The standard InChI is InChI=1S/C16H30N2OS/c1-4-16(5-2,14(17)20)15(19)18-10-9-13-8-6-7-12(3)11-13/h12-13H,4-11H2,1-3H3,(H2,17,20)(H,18,19). The minimum atomic E-state index is -0.658. The molecule has 0 saturated heterocycles. The van der Waals surface area contributed by atoms with Gasteiger partial charge in [-0.05, 0) is 37.5 Å². The van der Waals surface area contributed by atoms with Gasteiger partial charge in [-0.2, -0.15) is 0 Å². The number of thiocarbonyl (C=S) groups is 1. The molecule has 3 nitrogen and oxygen atoms in total. The van der Waals surface area contributed by atoms with Gasteiger partial charge in [0.05, 0.1) is 10.4 Å². The van der Waals surface area contributed by atoms with E-state index in [4.69, 9.17) is 18.0 Å². The van der Waals surface area contributed by atoms with Crippen LogP contribution in [0.3, 0.4) is 0 Å². The molecule has 1 saturated carbocycles. The SMILES string of the molecule is CCC(CC)(C(=O)NCCC1CCCC(C)C1)C(N)=S. The Balaban J connectivity index is 2.43. The first-order valence-electron chi connectivity index (χ1n) is 8.04. The summed E-state index contributed by atoms with van der Waals surface area (Å²) in [5, 5.41) is 3.06. The predicted molar refractivity (Wildman–Crippen MR) is 88.5 cm³/mol. The molecule has 0 aliphatic heterocycles. The minimum absolute atomic E-state index is 0.0128. The predicted octanol–water partition coefficient (Wildman–Crippen LogP) is 3.41. The highest BCUT2D eigenvalue weighted by atomic mass is 32.1. The van der Waals surface area contributed by atoms with E-state index in [1.807, 2.05) is 13.8 Å². The lowest BCUT2D eigenvalue weighted by Gasteiger charge is -2.30. The Hall–Kier alpha value is -0.640. The van der Waals surface area contributed by atoms with E-state index < -0.39 is 5.41 Å². The molecule has 0 spiro atoms. The van der Waals surface area contributed by atoms with E-state index >= 15 is 0 Å². The Bertz CT molecular complexity index is 339. The van der Waals surface area contributed by atoms with Crippen molar-refractivity contribution in [3.8, 4) is 0 Å². The first kappa shape index (κ1) is 17.4. The monoisotopic (exact) mass is 298 g/mol. The Morgan fingerprint density at radius 3 is 2.50 bits per heavy atom. The molecule has 1 aliphatic rings. The Labute approximate surface area is 129 Å². The van der Waals surface area contributed by atoms with Crippen molar-refractivity contribution < 1.29 is 4.79 Å². The van der Waals surface area contributed by atoms with Crippen molar-refractivity contribution >= 4 is 23.1 Å². The molecule has 0 radical (unpaired) electrons. The van der Waals surface area contributed by atoms with Crippen LogP contribution in [0.1, 0.15) is 65.7 Å². The highest BCUT2D eigenvalue weighted by molar-refractivity contribution is 7.80. The summed E-state index contributed by atoms with van der Waals surface area (Å²) >= 11 is 5.11. The molecule has 4 heteroatoms. The fraction of sp³-hybridized carbons (Fsp3) is 0.875. The second-order valence-corrected chi connectivity index (χ2v) is 6.78. The van der Waals surface area contributed by atoms with Crippen molar-refractivity contribution in [1.82, 2.24) is 5.32 Å². The lowest BCUT2D eigenvalue weighted by Crippen LogP contribution is -2.48. The smallest absolute Gasteiger partial charge is 0.233 e. The summed E-state index contributed by atoms with van der Waals surface area (Å²) in [5.74, 6) is 1.62. The quantitative estimate of drug-likeness (QED) is 0.708. The van der Waals surface area contributed by atoms with Gasteiger partial charge in [-0.3, -0.25) is 4.79 Å². The highest BCUT2D eigenvalue weighted by Gasteiger charge is 2.37. The Morgan fingerprint density at radius 2 is 2.00 bits per heavy atom. The third kappa shape index (κ3) is 4.18. The summed E-state index contributed by atoms with van der Waals surface area (Å²) < 4.78 is 0. The van der Waals surface area contributed by atoms with E-state index in [0.717, 1.165) is 24.8 Å². The second-order valence-electron chi connectivity index (χ2n) is 6.34. The molecule has 1 fully saturated rings. The summed E-state index contributed by atoms with van der Waals surface area (Å²) in [6.07, 6.45) is 7.73. The summed E-state index contributed by atoms with van der Waals surface area (Å²) in [5.41, 5.74) is 5.14. The van der Waals surface area contributed by atoms with Crippen molar-refractivity contribution in [2.75, 3.05) is 6.54 Å². The van der Waals surface area contributed by atoms with Gasteiger partial charge in [-0.1, -0.05) is 52.3 Å². The Morgan fingerprint density at radius 1 is 1.35 bits per heavy atom. The number of carbonyl (C=O) groups is 1. The maximum absolute atomic E-state index is 12.4. The van der Waals surface area contributed by atoms with Gasteiger partial charge in [0.15, 0.2) is 0 Å². The summed E-state index contributed by atoms with van der Waals surface area (Å²) in [7, 11) is 0. The van der Waals surface area contributed by atoms with Gasteiger partial charge in [0.2, 0.25) is 5.91 Å². The van der Waals surface area contributed by atoms with Crippen LogP contribution in [0.25, 0.3) is 0 Å². The van der Waals surface area contributed by atoms with Crippen LogP contribution in [0, 0.1) is 17.3 Å². The third-order valence-electron chi connectivity index (χ3n) is 5.00. The van der Waals surface area contributed by atoms with Crippen molar-refractivity contribution in [2.45, 2.75) is 65.7 Å². The van der Waals surface area contributed by atoms with Gasteiger partial charge in [0, 0.05) is 6.54 Å². The molecule has 116 valence electrons. The molecule has 0 aromatic heterocycles. The first-order valence-corrected chi connectivity index (χ1v) is 8.45. The maximum atomic E-state index is 12.4. The van der Waals surface area contributed by atoms with Crippen LogP contribution < -0.4 is 11.1 Å². The topological polar surface area (TPSA) is 55.1 Å². The van der Waals surface area contributed by atoms with E-state index in [1.54, 1.807) is 0 Å². The van der Waals surface area contributed by atoms with E-state index in [0.29, 0.717) is 17.8 Å². The summed E-state index contributed by atoms with van der Waals surface area (Å²) in [6.45, 7) is 7.04. The molecule has 1 aliphatic carbocycles. The molecule has 1 amide bonds. The van der Waals surface area contributed by atoms with E-state index in [9.17, 15) is 4.79 Å². The molecule has 0 aromatic rings. The third-order valence-corrected chi connectivity index (χ3v) is 5.39. The number of hydrogen-bond acceptors (Lipinski definition) is 2. The molecule has 3 N–H and O–H groups in total. The van der Waals surface area contributed by atoms with Crippen LogP contribution in [-0.2, 0) is 4.79 Å². The number of hydrogen-bond donors (Lipinski definition) is 2. The number of carbonyl (C=O) groups excluding carboxylic acids is 1. The van der Waals surface area contributed by atoms with Gasteiger partial charge in [-0.15, -0.1) is 0 Å². The first-order chi connectivity index (χ1) is 9.46. The van der Waals surface area contributed by atoms with Crippen LogP contribution >= 0.6 is 12.2 Å². The van der Waals surface area contributed by atoms with Gasteiger partial charge in [0.25, 0.3) is 0 Å². The average Bonchev–Trinajstić information content (AvgIpc) is 2.40. The van der Waals surface area contributed by atoms with E-state index in [1.165, 1.54) is 25.7 Å². The summed E-state index contributed by atoms with van der Waals surface area (Å²) in [6, 6.07) is 0. The average molecular weight is 298 g/mol. The van der Waals surface area contributed by atoms with Crippen molar-refractivity contribution in [1.29, 1.82) is 0 Å². The van der Waals surface area contributed by atoms with Crippen LogP contribution in [0.15, 0.2) is 0 Å². The van der Waals surface area contributed by atoms with E-state index in [-0.39, 0.29) is 5.91 Å². The van der Waals surface area contributed by atoms with Crippen LogP contribution in [0.5, 0.6) is 0 Å². The summed E-state index contributed by atoms with van der Waals surface area (Å²) in [4.78, 5) is 12.7. The van der Waals surface area contributed by atoms with E-state index in [2.05, 4.69) is 12.2 Å². The lowest BCUT2D eigenvalue weighted by atomic mass is 9.80. The number of nitrogens with two attached hydrogens (primary N) is 1. The zero-order valence-electron chi connectivity index (χ0n) is 13.2. The highest BCUT2D eigenvalue weighted by Crippen LogP contribution is 2.31. The molecular formula is C16H30N2OS. The van der Waals surface area contributed by atoms with Gasteiger partial charge >= 0.3 is 0 Å². The van der Waals surface area contributed by atoms with Crippen molar-refractivity contribution in [3.05, 3.63) is 0 Å². The molecule has 20 heavy (non-hydrogen) atoms. The second kappa shape index (κ2) is 7.96. The van der Waals surface area contributed by atoms with Crippen molar-refractivity contribution in [2.24, 2.45) is 23.0 Å². The zero-order valence-corrected chi connectivity index (χ0v) is 14.0. The molecule has 2 atom stereocenters. The Kier molecular flexibility index (Phi) is 6.93. The van der Waals surface area contributed by atoms with Crippen LogP contribution in [0.2, 0.25) is 0 Å². The van der Waals surface area contributed by atoms with Crippen LogP contribution in [0.4, 0.5) is 0 Å². The minimum Gasteiger partial charge on any atom is -0.392 e. The molecule has 0 heterocycles. The molecule has 0 bridgehead atoms. The molecular weight excluding hydrogens is 268 g/mol. The fourth-order valence-corrected chi connectivity index (χ4v) is 3.79. The zero-order chi connectivity index (χ0) is 15.2. The number of rotatable bonds is 7. The molecule has 2 unspecified atom stereocenters. The fourth-order valence-electron chi connectivity index (χ4n) is 3.41.